The van der Waals surface area contributed by atoms with Gasteiger partial charge in [0.1, 0.15) is 0 Å². The first-order valence-electron chi connectivity index (χ1n) is 19.8. The van der Waals surface area contributed by atoms with Crippen LogP contribution in [-0.2, 0) is 5.41 Å². The van der Waals surface area contributed by atoms with E-state index in [2.05, 4.69) is 211 Å². The van der Waals surface area contributed by atoms with Crippen LogP contribution in [0.3, 0.4) is 0 Å². The zero-order valence-electron chi connectivity index (χ0n) is 31.5. The summed E-state index contributed by atoms with van der Waals surface area (Å²) in [6.07, 6.45) is 0. The van der Waals surface area contributed by atoms with Gasteiger partial charge in [-0.25, -0.2) is 0 Å². The number of ether oxygens (including phenoxy) is 2. The standard InChI is InChI=1S/C55H35NO2/c1-3-14-39(15-4-1)56(40-16-5-2-6-17-40)41-32-30-37(31-33-41)36-26-28-38(29-27-36)42-21-13-25-50-53(42)57-51-35-34-49-52(54(51)58-50)45-20-9-12-24-48(45)55(49)46-22-10-7-18-43(46)44-19-8-11-23-47(44)55/h1-35H. The normalized spacial score (nSPS) is 13.2. The Balaban J connectivity index is 0.889. The molecule has 3 nitrogen and oxygen atoms in total. The second kappa shape index (κ2) is 12.7. The van der Waals surface area contributed by atoms with Crippen LogP contribution in [0.2, 0.25) is 0 Å². The van der Waals surface area contributed by atoms with Crippen molar-refractivity contribution in [2.75, 3.05) is 4.90 Å². The molecule has 0 unspecified atom stereocenters. The molecule has 0 amide bonds. The lowest BCUT2D eigenvalue weighted by Crippen LogP contribution is -2.25. The van der Waals surface area contributed by atoms with Crippen LogP contribution in [0.15, 0.2) is 212 Å². The molecular formula is C55H35NO2. The lowest BCUT2D eigenvalue weighted by atomic mass is 9.70. The second-order valence-electron chi connectivity index (χ2n) is 15.2. The zero-order chi connectivity index (χ0) is 38.2. The second-order valence-corrected chi connectivity index (χ2v) is 15.2. The van der Waals surface area contributed by atoms with Crippen LogP contribution in [0.4, 0.5) is 17.1 Å². The molecule has 2 aliphatic carbocycles. The summed E-state index contributed by atoms with van der Waals surface area (Å²) in [5.41, 5.74) is 17.2. The Morgan fingerprint density at radius 2 is 0.741 bits per heavy atom. The molecule has 9 aromatic rings. The smallest absolute Gasteiger partial charge is 0.178 e. The van der Waals surface area contributed by atoms with Gasteiger partial charge in [-0.05, 0) is 104 Å². The summed E-state index contributed by atoms with van der Waals surface area (Å²) in [6, 6.07) is 75.6. The first-order chi connectivity index (χ1) is 28.8. The van der Waals surface area contributed by atoms with Gasteiger partial charge in [0, 0.05) is 28.2 Å². The third-order valence-corrected chi connectivity index (χ3v) is 12.2. The van der Waals surface area contributed by atoms with E-state index in [1.807, 2.05) is 6.07 Å². The summed E-state index contributed by atoms with van der Waals surface area (Å²) in [6.45, 7) is 0. The fourth-order valence-electron chi connectivity index (χ4n) is 9.71. The molecule has 1 aliphatic heterocycles. The molecule has 272 valence electrons. The van der Waals surface area contributed by atoms with Crippen molar-refractivity contribution in [1.82, 2.24) is 0 Å². The monoisotopic (exact) mass is 741 g/mol. The van der Waals surface area contributed by atoms with Crippen molar-refractivity contribution in [3.63, 3.8) is 0 Å². The number of benzene rings is 9. The maximum atomic E-state index is 6.98. The van der Waals surface area contributed by atoms with Crippen LogP contribution in [0.25, 0.3) is 44.5 Å². The molecule has 3 aliphatic rings. The molecular weight excluding hydrogens is 707 g/mol. The van der Waals surface area contributed by atoms with Crippen molar-refractivity contribution in [3.8, 4) is 67.5 Å². The van der Waals surface area contributed by atoms with Gasteiger partial charge in [-0.3, -0.25) is 0 Å². The molecule has 9 aromatic carbocycles. The van der Waals surface area contributed by atoms with Crippen LogP contribution >= 0.6 is 0 Å². The van der Waals surface area contributed by atoms with E-state index in [1.165, 1.54) is 38.9 Å². The van der Waals surface area contributed by atoms with E-state index >= 15 is 0 Å². The summed E-state index contributed by atoms with van der Waals surface area (Å²) in [7, 11) is 0. The first-order valence-corrected chi connectivity index (χ1v) is 19.8. The summed E-state index contributed by atoms with van der Waals surface area (Å²) < 4.78 is 13.9. The predicted octanol–water partition coefficient (Wildman–Crippen LogP) is 14.7. The topological polar surface area (TPSA) is 21.7 Å². The van der Waals surface area contributed by atoms with E-state index in [-0.39, 0.29) is 0 Å². The molecule has 0 aromatic heterocycles. The lowest BCUT2D eigenvalue weighted by Gasteiger charge is -2.31. The first kappa shape index (κ1) is 32.6. The summed E-state index contributed by atoms with van der Waals surface area (Å²) in [5, 5.41) is 0. The summed E-state index contributed by atoms with van der Waals surface area (Å²) in [5.74, 6) is 2.93. The highest BCUT2D eigenvalue weighted by molar-refractivity contribution is 5.98. The highest BCUT2D eigenvalue weighted by Gasteiger charge is 2.53. The molecule has 0 atom stereocenters. The largest absolute Gasteiger partial charge is 0.449 e. The number of hydrogen-bond acceptors (Lipinski definition) is 3. The van der Waals surface area contributed by atoms with Crippen molar-refractivity contribution >= 4 is 17.1 Å². The van der Waals surface area contributed by atoms with Crippen LogP contribution in [0.1, 0.15) is 22.3 Å². The van der Waals surface area contributed by atoms with Gasteiger partial charge in [0.05, 0.1) is 5.41 Å². The quantitative estimate of drug-likeness (QED) is 0.175. The van der Waals surface area contributed by atoms with Gasteiger partial charge in [-0.2, -0.15) is 0 Å². The van der Waals surface area contributed by atoms with Gasteiger partial charge in [-0.1, -0.05) is 164 Å². The van der Waals surface area contributed by atoms with Gasteiger partial charge in [0.25, 0.3) is 0 Å². The van der Waals surface area contributed by atoms with Crippen molar-refractivity contribution in [2.45, 2.75) is 5.41 Å². The molecule has 0 bridgehead atoms. The van der Waals surface area contributed by atoms with Gasteiger partial charge < -0.3 is 14.4 Å². The average Bonchev–Trinajstić information content (AvgIpc) is 3.77. The van der Waals surface area contributed by atoms with Gasteiger partial charge in [0.2, 0.25) is 0 Å². The Bertz CT molecular complexity index is 2960. The summed E-state index contributed by atoms with van der Waals surface area (Å²) in [4.78, 5) is 2.28. The number of rotatable bonds is 5. The number of para-hydroxylation sites is 3. The van der Waals surface area contributed by atoms with E-state index in [1.54, 1.807) is 0 Å². The summed E-state index contributed by atoms with van der Waals surface area (Å²) >= 11 is 0. The Kier molecular flexibility index (Phi) is 7.14. The Hall–Kier alpha value is -7.62. The van der Waals surface area contributed by atoms with Crippen molar-refractivity contribution < 1.29 is 9.47 Å². The third kappa shape index (κ3) is 4.68. The molecule has 0 N–H and O–H groups in total. The maximum Gasteiger partial charge on any atom is 0.178 e. The molecule has 0 saturated heterocycles. The minimum atomic E-state index is -0.440. The van der Waals surface area contributed by atoms with Crippen molar-refractivity contribution in [1.29, 1.82) is 0 Å². The maximum absolute atomic E-state index is 6.98. The molecule has 0 saturated carbocycles. The SMILES string of the molecule is c1ccc(N(c2ccccc2)c2ccc(-c3ccc(-c4cccc5c4Oc4ccc6c(c4O5)-c4ccccc4C64c5ccccc5-c5ccccc54)cc3)cc2)cc1. The highest BCUT2D eigenvalue weighted by Crippen LogP contribution is 2.66. The number of nitrogens with zero attached hydrogens (tertiary/aromatic N) is 1. The molecule has 1 heterocycles. The fourth-order valence-corrected chi connectivity index (χ4v) is 9.71. The Morgan fingerprint density at radius 1 is 0.293 bits per heavy atom. The van der Waals surface area contributed by atoms with Crippen LogP contribution in [0, 0.1) is 0 Å². The van der Waals surface area contributed by atoms with E-state index in [9.17, 15) is 0 Å². The predicted molar refractivity (Wildman–Crippen MR) is 235 cm³/mol. The van der Waals surface area contributed by atoms with Crippen LogP contribution in [0.5, 0.6) is 23.0 Å². The van der Waals surface area contributed by atoms with Crippen LogP contribution < -0.4 is 14.4 Å². The van der Waals surface area contributed by atoms with E-state index in [0.717, 1.165) is 62.1 Å². The molecule has 0 fully saturated rings. The molecule has 58 heavy (non-hydrogen) atoms. The van der Waals surface area contributed by atoms with Crippen LogP contribution in [-0.4, -0.2) is 0 Å². The minimum absolute atomic E-state index is 0.440. The molecule has 3 heteroatoms. The third-order valence-electron chi connectivity index (χ3n) is 12.2. The Labute approximate surface area is 337 Å². The van der Waals surface area contributed by atoms with E-state index in [0.29, 0.717) is 5.75 Å². The molecule has 12 rings (SSSR count). The fraction of sp³-hybridized carbons (Fsp3) is 0.0182. The number of fused-ring (bicyclic) bond motifs is 13. The van der Waals surface area contributed by atoms with E-state index < -0.39 is 5.41 Å². The highest BCUT2D eigenvalue weighted by atomic mass is 16.6. The lowest BCUT2D eigenvalue weighted by molar-refractivity contribution is 0.361. The van der Waals surface area contributed by atoms with Gasteiger partial charge in [0.15, 0.2) is 23.0 Å². The number of hydrogen-bond donors (Lipinski definition) is 0. The molecule has 0 radical (unpaired) electrons. The zero-order valence-corrected chi connectivity index (χ0v) is 31.5. The van der Waals surface area contributed by atoms with Crippen molar-refractivity contribution in [2.24, 2.45) is 0 Å². The van der Waals surface area contributed by atoms with Crippen molar-refractivity contribution in [3.05, 3.63) is 235 Å². The average molecular weight is 742 g/mol. The Morgan fingerprint density at radius 3 is 1.36 bits per heavy atom. The number of anilines is 3. The van der Waals surface area contributed by atoms with Gasteiger partial charge >= 0.3 is 0 Å². The molecule has 1 spiro atoms. The van der Waals surface area contributed by atoms with E-state index in [4.69, 9.17) is 9.47 Å². The minimum Gasteiger partial charge on any atom is -0.449 e. The van der Waals surface area contributed by atoms with Gasteiger partial charge in [-0.15, -0.1) is 0 Å².